The lowest BCUT2D eigenvalue weighted by molar-refractivity contribution is 0.485. The second-order valence-electron chi connectivity index (χ2n) is 4.37. The summed E-state index contributed by atoms with van der Waals surface area (Å²) in [6, 6.07) is 5.73. The second-order valence-corrected chi connectivity index (χ2v) is 8.68. The zero-order valence-electron chi connectivity index (χ0n) is 11.4. The van der Waals surface area contributed by atoms with E-state index in [9.17, 15) is 8.42 Å². The van der Waals surface area contributed by atoms with Crippen molar-refractivity contribution in [2.45, 2.75) is 0 Å². The highest BCUT2D eigenvalue weighted by Crippen LogP contribution is 2.46. The molecule has 0 saturated carbocycles. The number of rotatable bonds is 5. The summed E-state index contributed by atoms with van der Waals surface area (Å²) in [5.41, 5.74) is -0.0407. The molecular formula is C13H7Cl6NO3S. The van der Waals surface area contributed by atoms with Gasteiger partial charge in [0.2, 0.25) is 10.0 Å². The Hall–Kier alpha value is -0.270. The van der Waals surface area contributed by atoms with E-state index in [4.69, 9.17) is 74.3 Å². The highest BCUT2D eigenvalue weighted by Gasteiger charge is 2.21. The van der Waals surface area contributed by atoms with Crippen molar-refractivity contribution in [3.05, 3.63) is 49.4 Å². The van der Waals surface area contributed by atoms with Crippen LogP contribution in [0.4, 0.5) is 5.69 Å². The van der Waals surface area contributed by atoms with Crippen LogP contribution in [-0.2, 0) is 10.0 Å². The zero-order valence-corrected chi connectivity index (χ0v) is 16.8. The number of benzene rings is 2. The maximum atomic E-state index is 11.7. The van der Waals surface area contributed by atoms with Crippen molar-refractivity contribution < 1.29 is 13.2 Å². The quantitative estimate of drug-likeness (QED) is 0.392. The Kier molecular flexibility index (Phi) is 6.65. The molecule has 1 N–H and O–H groups in total. The van der Waals surface area contributed by atoms with E-state index in [0.717, 1.165) is 0 Å². The van der Waals surface area contributed by atoms with Gasteiger partial charge in [-0.2, -0.15) is 0 Å². The highest BCUT2D eigenvalue weighted by molar-refractivity contribution is 7.93. The van der Waals surface area contributed by atoms with E-state index >= 15 is 0 Å². The molecule has 0 heterocycles. The van der Waals surface area contributed by atoms with E-state index in [0.29, 0.717) is 5.02 Å². The molecule has 0 fully saturated rings. The molecule has 24 heavy (non-hydrogen) atoms. The smallest absolute Gasteiger partial charge is 0.246 e. The molecule has 2 rings (SSSR count). The standard InChI is InChI=1S/C13H7Cl6NO3S/c14-5-24(21,22)20-9-4-8(17)11(18)12(19)13(9)23-10-2-1-6(15)3-7(10)16/h1-4,20H,5H2. The number of sulfonamides is 1. The van der Waals surface area contributed by atoms with Crippen LogP contribution in [0.1, 0.15) is 0 Å². The first-order valence-electron chi connectivity index (χ1n) is 6.01. The van der Waals surface area contributed by atoms with E-state index in [1.165, 1.54) is 24.3 Å². The van der Waals surface area contributed by atoms with E-state index < -0.39 is 15.2 Å². The molecule has 0 amide bonds. The molecule has 11 heteroatoms. The zero-order chi connectivity index (χ0) is 18.1. The maximum Gasteiger partial charge on any atom is 0.246 e. The maximum absolute atomic E-state index is 11.7. The van der Waals surface area contributed by atoms with E-state index in [2.05, 4.69) is 4.72 Å². The minimum absolute atomic E-state index is 0.00718. The Morgan fingerprint density at radius 1 is 0.958 bits per heavy atom. The third kappa shape index (κ3) is 4.67. The average molecular weight is 470 g/mol. The van der Waals surface area contributed by atoms with Gasteiger partial charge in [0.05, 0.1) is 20.8 Å². The van der Waals surface area contributed by atoms with Crippen LogP contribution in [0.2, 0.25) is 25.1 Å². The molecule has 2 aromatic rings. The molecule has 0 unspecified atom stereocenters. The van der Waals surface area contributed by atoms with Crippen LogP contribution in [0.25, 0.3) is 0 Å². The van der Waals surface area contributed by atoms with Gasteiger partial charge in [-0.3, -0.25) is 4.72 Å². The predicted octanol–water partition coefficient (Wildman–Crippen LogP) is 6.68. The Labute approximate surface area is 168 Å². The predicted molar refractivity (Wildman–Crippen MR) is 101 cm³/mol. The SMILES string of the molecule is O=S(=O)(CCl)Nc1cc(Cl)c(Cl)c(Cl)c1Oc1ccc(Cl)cc1Cl. The molecule has 0 aliphatic carbocycles. The molecule has 0 aliphatic rings. The fourth-order valence-corrected chi connectivity index (χ4v) is 3.40. The fourth-order valence-electron chi connectivity index (χ4n) is 1.62. The number of nitrogens with one attached hydrogen (secondary N) is 1. The lowest BCUT2D eigenvalue weighted by Gasteiger charge is -2.16. The van der Waals surface area contributed by atoms with Crippen LogP contribution in [-0.4, -0.2) is 13.6 Å². The number of ether oxygens (including phenoxy) is 1. The Morgan fingerprint density at radius 2 is 1.62 bits per heavy atom. The third-order valence-electron chi connectivity index (χ3n) is 2.63. The highest BCUT2D eigenvalue weighted by atomic mass is 35.5. The summed E-state index contributed by atoms with van der Waals surface area (Å²) in [6.07, 6.45) is 0. The first-order chi connectivity index (χ1) is 11.1. The van der Waals surface area contributed by atoms with Crippen LogP contribution >= 0.6 is 69.6 Å². The molecular weight excluding hydrogens is 463 g/mol. The van der Waals surface area contributed by atoms with Gasteiger partial charge in [0.15, 0.2) is 5.75 Å². The van der Waals surface area contributed by atoms with Crippen molar-refractivity contribution >= 4 is 85.3 Å². The first-order valence-corrected chi connectivity index (χ1v) is 10.1. The van der Waals surface area contributed by atoms with Crippen molar-refractivity contribution in [3.63, 3.8) is 0 Å². The fraction of sp³-hybridized carbons (Fsp3) is 0.0769. The van der Waals surface area contributed by atoms with Gasteiger partial charge in [-0.25, -0.2) is 8.42 Å². The van der Waals surface area contributed by atoms with Gasteiger partial charge in [0.25, 0.3) is 0 Å². The molecule has 4 nitrogen and oxygen atoms in total. The lowest BCUT2D eigenvalue weighted by Crippen LogP contribution is -2.14. The molecule has 130 valence electrons. The van der Waals surface area contributed by atoms with Gasteiger partial charge >= 0.3 is 0 Å². The van der Waals surface area contributed by atoms with E-state index in [-0.39, 0.29) is 37.3 Å². The van der Waals surface area contributed by atoms with Crippen LogP contribution in [0.3, 0.4) is 0 Å². The van der Waals surface area contributed by atoms with Gasteiger partial charge in [0, 0.05) is 5.02 Å². The largest absolute Gasteiger partial charge is 0.452 e. The summed E-state index contributed by atoms with van der Waals surface area (Å²) in [4.78, 5) is 0. The van der Waals surface area contributed by atoms with Gasteiger partial charge in [-0.15, -0.1) is 11.6 Å². The molecule has 0 bridgehead atoms. The summed E-state index contributed by atoms with van der Waals surface area (Å²) < 4.78 is 31.3. The summed E-state index contributed by atoms with van der Waals surface area (Å²) in [5.74, 6) is 0.108. The van der Waals surface area contributed by atoms with E-state index in [1.807, 2.05) is 0 Å². The van der Waals surface area contributed by atoms with Crippen molar-refractivity contribution in [2.75, 3.05) is 9.93 Å². The number of hydrogen-bond donors (Lipinski definition) is 1. The first kappa shape index (κ1) is 20.0. The monoisotopic (exact) mass is 467 g/mol. The molecule has 0 aromatic heterocycles. The Morgan fingerprint density at radius 3 is 2.21 bits per heavy atom. The molecule has 0 radical (unpaired) electrons. The molecule has 0 aliphatic heterocycles. The van der Waals surface area contributed by atoms with Crippen LogP contribution in [0, 0.1) is 0 Å². The average Bonchev–Trinajstić information content (AvgIpc) is 2.50. The second kappa shape index (κ2) is 7.96. The minimum Gasteiger partial charge on any atom is -0.452 e. The third-order valence-corrected chi connectivity index (χ3v) is 6.09. The summed E-state index contributed by atoms with van der Waals surface area (Å²) in [6.45, 7) is 0. The number of alkyl halides is 1. The number of hydrogen-bond acceptors (Lipinski definition) is 3. The van der Waals surface area contributed by atoms with Gasteiger partial charge < -0.3 is 4.74 Å². The van der Waals surface area contributed by atoms with Crippen molar-refractivity contribution in [1.82, 2.24) is 0 Å². The van der Waals surface area contributed by atoms with Gasteiger partial charge in [0.1, 0.15) is 16.0 Å². The topological polar surface area (TPSA) is 55.4 Å². The molecule has 0 saturated heterocycles. The summed E-state index contributed by atoms with van der Waals surface area (Å²) in [5, 5.41) is -0.156. The normalized spacial score (nSPS) is 11.4. The Balaban J connectivity index is 2.56. The molecule has 2 aromatic carbocycles. The van der Waals surface area contributed by atoms with Gasteiger partial charge in [-0.05, 0) is 24.3 Å². The van der Waals surface area contributed by atoms with Crippen molar-refractivity contribution in [3.8, 4) is 11.5 Å². The number of halogens is 6. The van der Waals surface area contributed by atoms with E-state index in [1.54, 1.807) is 0 Å². The number of anilines is 1. The van der Waals surface area contributed by atoms with Crippen molar-refractivity contribution in [1.29, 1.82) is 0 Å². The minimum atomic E-state index is -3.83. The van der Waals surface area contributed by atoms with Crippen LogP contribution < -0.4 is 9.46 Å². The Bertz CT molecular complexity index is 888. The van der Waals surface area contributed by atoms with Crippen molar-refractivity contribution in [2.24, 2.45) is 0 Å². The van der Waals surface area contributed by atoms with Crippen LogP contribution in [0.15, 0.2) is 24.3 Å². The summed E-state index contributed by atoms with van der Waals surface area (Å²) >= 11 is 35.3. The molecule has 0 spiro atoms. The lowest BCUT2D eigenvalue weighted by atomic mass is 10.3. The van der Waals surface area contributed by atoms with Gasteiger partial charge in [-0.1, -0.05) is 58.0 Å². The molecule has 0 atom stereocenters. The van der Waals surface area contributed by atoms with Crippen LogP contribution in [0.5, 0.6) is 11.5 Å². The summed E-state index contributed by atoms with van der Waals surface area (Å²) in [7, 11) is -3.83.